The van der Waals surface area contributed by atoms with Crippen LogP contribution in [0, 0.1) is 6.92 Å². The highest BCUT2D eigenvalue weighted by atomic mass is 32.2. The Morgan fingerprint density at radius 3 is 2.58 bits per heavy atom. The number of hydrogen-bond acceptors (Lipinski definition) is 5. The lowest BCUT2D eigenvalue weighted by Gasteiger charge is -2.20. The molecule has 9 heteroatoms. The minimum Gasteiger partial charge on any atom is -0.497 e. The zero-order valence-electron chi connectivity index (χ0n) is 17.8. The quantitative estimate of drug-likeness (QED) is 0.515. The number of rotatable bonds is 9. The number of aromatic nitrogens is 2. The summed E-state index contributed by atoms with van der Waals surface area (Å²) in [5.41, 5.74) is 1.87. The van der Waals surface area contributed by atoms with Crippen molar-refractivity contribution < 1.29 is 17.9 Å². The van der Waals surface area contributed by atoms with Crippen LogP contribution in [0.1, 0.15) is 22.3 Å². The summed E-state index contributed by atoms with van der Waals surface area (Å²) < 4.78 is 34.2. The summed E-state index contributed by atoms with van der Waals surface area (Å²) in [5.74, 6) is 0.316. The molecule has 0 aliphatic carbocycles. The van der Waals surface area contributed by atoms with E-state index in [9.17, 15) is 13.2 Å². The number of benzene rings is 2. The summed E-state index contributed by atoms with van der Waals surface area (Å²) in [4.78, 5) is 12.5. The number of sulfonamides is 1. The van der Waals surface area contributed by atoms with E-state index in [1.807, 2.05) is 17.8 Å². The molecule has 0 saturated carbocycles. The molecule has 0 bridgehead atoms. The summed E-state index contributed by atoms with van der Waals surface area (Å²) in [6.45, 7) is 3.12. The normalized spacial score (nSPS) is 11.2. The van der Waals surface area contributed by atoms with Gasteiger partial charge in [0.25, 0.3) is 15.9 Å². The molecule has 1 amide bonds. The number of anilines is 1. The van der Waals surface area contributed by atoms with Crippen molar-refractivity contribution in [2.45, 2.75) is 24.8 Å². The van der Waals surface area contributed by atoms with Crippen molar-refractivity contribution in [2.75, 3.05) is 25.0 Å². The number of amides is 1. The van der Waals surface area contributed by atoms with Gasteiger partial charge >= 0.3 is 0 Å². The highest BCUT2D eigenvalue weighted by Gasteiger charge is 2.22. The molecule has 3 aromatic rings. The molecular weight excluding hydrogens is 416 g/mol. The van der Waals surface area contributed by atoms with Crippen LogP contribution in [0.4, 0.5) is 5.69 Å². The molecule has 164 valence electrons. The van der Waals surface area contributed by atoms with Crippen molar-refractivity contribution in [3.05, 3.63) is 72.1 Å². The minimum atomic E-state index is -3.83. The van der Waals surface area contributed by atoms with E-state index in [1.54, 1.807) is 49.7 Å². The van der Waals surface area contributed by atoms with Crippen LogP contribution in [0.5, 0.6) is 5.75 Å². The first-order valence-corrected chi connectivity index (χ1v) is 11.3. The van der Waals surface area contributed by atoms with Crippen LogP contribution in [0.25, 0.3) is 0 Å². The van der Waals surface area contributed by atoms with E-state index in [-0.39, 0.29) is 10.8 Å². The largest absolute Gasteiger partial charge is 0.497 e. The van der Waals surface area contributed by atoms with Crippen molar-refractivity contribution in [3.8, 4) is 5.75 Å². The number of hydrogen-bond donors (Lipinski definition) is 1. The van der Waals surface area contributed by atoms with Gasteiger partial charge in [-0.05, 0) is 61.4 Å². The fourth-order valence-electron chi connectivity index (χ4n) is 3.02. The monoisotopic (exact) mass is 442 g/mol. The average Bonchev–Trinajstić information content (AvgIpc) is 3.21. The predicted octanol–water partition coefficient (Wildman–Crippen LogP) is 2.85. The van der Waals surface area contributed by atoms with Crippen LogP contribution in [-0.2, 0) is 16.6 Å². The predicted molar refractivity (Wildman–Crippen MR) is 119 cm³/mol. The van der Waals surface area contributed by atoms with Crippen LogP contribution in [0.3, 0.4) is 0 Å². The minimum absolute atomic E-state index is 0.0467. The molecule has 0 saturated heterocycles. The number of aryl methyl sites for hydroxylation is 2. The third-order valence-corrected chi connectivity index (χ3v) is 6.58. The number of carbonyl (C=O) groups is 1. The zero-order chi connectivity index (χ0) is 22.4. The van der Waals surface area contributed by atoms with E-state index in [4.69, 9.17) is 4.74 Å². The molecule has 0 fully saturated rings. The van der Waals surface area contributed by atoms with Gasteiger partial charge in [-0.15, -0.1) is 0 Å². The lowest BCUT2D eigenvalue weighted by Crippen LogP contribution is -2.28. The first kappa shape index (κ1) is 22.4. The van der Waals surface area contributed by atoms with Crippen molar-refractivity contribution >= 4 is 21.6 Å². The SMILES string of the molecule is COc1ccc(N(C)S(=O)(=O)c2cccc(C(=O)NCCCn3cc(C)cn3)c2)cc1. The molecule has 0 aliphatic rings. The zero-order valence-corrected chi connectivity index (χ0v) is 18.6. The lowest BCUT2D eigenvalue weighted by atomic mass is 10.2. The maximum absolute atomic E-state index is 13.0. The number of methoxy groups -OCH3 is 1. The highest BCUT2D eigenvalue weighted by Crippen LogP contribution is 2.24. The molecule has 1 aromatic heterocycles. The molecule has 8 nitrogen and oxygen atoms in total. The molecule has 0 atom stereocenters. The van der Waals surface area contributed by atoms with Crippen molar-refractivity contribution in [2.24, 2.45) is 0 Å². The van der Waals surface area contributed by atoms with Gasteiger partial charge in [-0.3, -0.25) is 13.8 Å². The molecule has 1 heterocycles. The lowest BCUT2D eigenvalue weighted by molar-refractivity contribution is 0.0952. The van der Waals surface area contributed by atoms with Crippen LogP contribution >= 0.6 is 0 Å². The van der Waals surface area contributed by atoms with E-state index in [0.29, 0.717) is 36.5 Å². The topological polar surface area (TPSA) is 93.5 Å². The maximum Gasteiger partial charge on any atom is 0.264 e. The molecule has 0 radical (unpaired) electrons. The highest BCUT2D eigenvalue weighted by molar-refractivity contribution is 7.92. The van der Waals surface area contributed by atoms with Gasteiger partial charge in [0.1, 0.15) is 5.75 Å². The van der Waals surface area contributed by atoms with Gasteiger partial charge < -0.3 is 10.1 Å². The number of carbonyl (C=O) groups excluding carboxylic acids is 1. The molecule has 2 aromatic carbocycles. The van der Waals surface area contributed by atoms with Crippen LogP contribution in [0.2, 0.25) is 0 Å². The first-order valence-electron chi connectivity index (χ1n) is 9.81. The van der Waals surface area contributed by atoms with Gasteiger partial charge in [0.05, 0.1) is 23.9 Å². The Kier molecular flexibility index (Phi) is 6.96. The summed E-state index contributed by atoms with van der Waals surface area (Å²) in [6, 6.07) is 12.7. The number of nitrogens with zero attached hydrogens (tertiary/aromatic N) is 3. The maximum atomic E-state index is 13.0. The molecule has 0 spiro atoms. The second-order valence-electron chi connectivity index (χ2n) is 7.09. The van der Waals surface area contributed by atoms with E-state index < -0.39 is 10.0 Å². The molecule has 0 unspecified atom stereocenters. The number of ether oxygens (including phenoxy) is 1. The third kappa shape index (κ3) is 5.43. The van der Waals surface area contributed by atoms with Crippen LogP contribution < -0.4 is 14.4 Å². The van der Waals surface area contributed by atoms with Gasteiger partial charge in [0, 0.05) is 31.9 Å². The van der Waals surface area contributed by atoms with E-state index in [0.717, 1.165) is 5.56 Å². The van der Waals surface area contributed by atoms with Gasteiger partial charge in [-0.2, -0.15) is 5.10 Å². The second kappa shape index (κ2) is 9.65. The van der Waals surface area contributed by atoms with Crippen LogP contribution in [0.15, 0.2) is 65.8 Å². The van der Waals surface area contributed by atoms with Crippen LogP contribution in [-0.4, -0.2) is 44.8 Å². The smallest absolute Gasteiger partial charge is 0.264 e. The van der Waals surface area contributed by atoms with Gasteiger partial charge in [-0.1, -0.05) is 6.07 Å². The molecule has 31 heavy (non-hydrogen) atoms. The Hall–Kier alpha value is -3.33. The Balaban J connectivity index is 1.65. The van der Waals surface area contributed by atoms with Gasteiger partial charge in [-0.25, -0.2) is 8.42 Å². The Morgan fingerprint density at radius 2 is 1.94 bits per heavy atom. The molecule has 0 aliphatic heterocycles. The Bertz CT molecular complexity index is 1140. The van der Waals surface area contributed by atoms with E-state index >= 15 is 0 Å². The molecular formula is C22H26N4O4S. The molecule has 1 N–H and O–H groups in total. The Labute approximate surface area is 182 Å². The summed E-state index contributed by atoms with van der Waals surface area (Å²) >= 11 is 0. The van der Waals surface area contributed by atoms with Gasteiger partial charge in [0.2, 0.25) is 0 Å². The fraction of sp³-hybridized carbons (Fsp3) is 0.273. The molecule has 3 rings (SSSR count). The number of nitrogens with one attached hydrogen (secondary N) is 1. The standard InChI is InChI=1S/C22H26N4O4S/c1-17-15-24-26(16-17)13-5-12-23-22(27)18-6-4-7-21(14-18)31(28,29)25(2)19-8-10-20(30-3)11-9-19/h4,6-11,14-16H,5,12-13H2,1-3H3,(H,23,27). The van der Waals surface area contributed by atoms with Gasteiger partial charge in [0.15, 0.2) is 0 Å². The summed E-state index contributed by atoms with van der Waals surface area (Å²) in [7, 11) is -0.807. The first-order chi connectivity index (χ1) is 14.8. The summed E-state index contributed by atoms with van der Waals surface area (Å²) in [6.07, 6.45) is 4.44. The van der Waals surface area contributed by atoms with E-state index in [1.165, 1.54) is 23.5 Å². The average molecular weight is 443 g/mol. The van der Waals surface area contributed by atoms with Crippen molar-refractivity contribution in [3.63, 3.8) is 0 Å². The second-order valence-corrected chi connectivity index (χ2v) is 9.06. The fourth-order valence-corrected chi connectivity index (χ4v) is 4.26. The van der Waals surface area contributed by atoms with Crippen molar-refractivity contribution in [1.82, 2.24) is 15.1 Å². The van der Waals surface area contributed by atoms with Crippen molar-refractivity contribution in [1.29, 1.82) is 0 Å². The van der Waals surface area contributed by atoms with E-state index in [2.05, 4.69) is 10.4 Å². The summed E-state index contributed by atoms with van der Waals surface area (Å²) in [5, 5.41) is 7.03. The third-order valence-electron chi connectivity index (χ3n) is 4.80. The Morgan fingerprint density at radius 1 is 1.19 bits per heavy atom.